The van der Waals surface area contributed by atoms with Gasteiger partial charge in [0.2, 0.25) is 5.82 Å². The Morgan fingerprint density at radius 1 is 1.26 bits per heavy atom. The monoisotopic (exact) mass is 421 g/mol. The summed E-state index contributed by atoms with van der Waals surface area (Å²) >= 11 is 0. The van der Waals surface area contributed by atoms with Crippen LogP contribution in [0.15, 0.2) is 30.6 Å². The number of fused-ring (bicyclic) bond motifs is 5. The number of anilines is 1. The SMILES string of the molecule is O=C(O)[C@H]1C2CCC(CC2)[C@@H]1Nc1nc(-c2[nH]nc3ncc(F)cc23)nn2cccc12. The normalized spacial score (nSPS) is 25.3. The lowest BCUT2D eigenvalue weighted by atomic mass is 9.61. The standard InChI is InChI=1S/C21H20FN7O2/c22-12-8-13-17(26-27-18(13)23-9-12)20-25-19(14-2-1-7-29(14)28-20)24-16-11-5-3-10(4-6-11)15(16)21(30)31/h1-2,7-11,15-16H,3-6H2,(H,30,31)(H,23,26,27)(H,24,25,28)/t10?,11?,15-,16-/m0/s1. The van der Waals surface area contributed by atoms with E-state index in [1.165, 1.54) is 6.07 Å². The van der Waals surface area contributed by atoms with Crippen LogP contribution >= 0.6 is 0 Å². The van der Waals surface area contributed by atoms with E-state index in [0.717, 1.165) is 37.4 Å². The number of nitrogens with zero attached hydrogens (tertiary/aromatic N) is 5. The van der Waals surface area contributed by atoms with E-state index in [1.807, 2.05) is 12.1 Å². The van der Waals surface area contributed by atoms with Crippen molar-refractivity contribution >= 4 is 28.3 Å². The van der Waals surface area contributed by atoms with Crippen LogP contribution in [0, 0.1) is 23.6 Å². The second-order valence-electron chi connectivity index (χ2n) is 8.45. The Kier molecular flexibility index (Phi) is 3.95. The number of halogens is 1. The molecule has 4 heterocycles. The molecule has 9 nitrogen and oxygen atoms in total. The second kappa shape index (κ2) is 6.73. The zero-order valence-corrected chi connectivity index (χ0v) is 16.5. The molecule has 0 unspecified atom stereocenters. The van der Waals surface area contributed by atoms with Crippen molar-refractivity contribution in [2.75, 3.05) is 5.32 Å². The minimum absolute atomic E-state index is 0.190. The van der Waals surface area contributed by atoms with E-state index in [1.54, 1.807) is 10.7 Å². The van der Waals surface area contributed by atoms with Crippen molar-refractivity contribution in [1.82, 2.24) is 29.8 Å². The second-order valence-corrected chi connectivity index (χ2v) is 8.45. The number of aromatic nitrogens is 6. The van der Waals surface area contributed by atoms with Crippen molar-refractivity contribution in [3.63, 3.8) is 0 Å². The van der Waals surface area contributed by atoms with Crippen molar-refractivity contribution in [3.05, 3.63) is 36.4 Å². The Morgan fingerprint density at radius 3 is 2.87 bits per heavy atom. The minimum atomic E-state index is -0.756. The molecule has 10 heteroatoms. The molecule has 0 radical (unpaired) electrons. The highest BCUT2D eigenvalue weighted by atomic mass is 19.1. The highest BCUT2D eigenvalue weighted by Crippen LogP contribution is 2.46. The number of carboxylic acid groups (broad SMARTS) is 1. The van der Waals surface area contributed by atoms with Gasteiger partial charge < -0.3 is 10.4 Å². The minimum Gasteiger partial charge on any atom is -0.481 e. The molecule has 4 aromatic heterocycles. The average molecular weight is 421 g/mol. The molecule has 158 valence electrons. The zero-order valence-electron chi connectivity index (χ0n) is 16.5. The van der Waals surface area contributed by atoms with Gasteiger partial charge in [0.05, 0.1) is 17.5 Å². The molecule has 0 aromatic carbocycles. The first kappa shape index (κ1) is 18.2. The predicted octanol–water partition coefficient (Wildman–Crippen LogP) is 3.11. The molecule has 0 saturated heterocycles. The quantitative estimate of drug-likeness (QED) is 0.463. The van der Waals surface area contributed by atoms with Gasteiger partial charge in [-0.2, -0.15) is 5.10 Å². The van der Waals surface area contributed by atoms with Crippen molar-refractivity contribution in [2.45, 2.75) is 31.7 Å². The van der Waals surface area contributed by atoms with Gasteiger partial charge in [0.15, 0.2) is 11.5 Å². The van der Waals surface area contributed by atoms with Crippen molar-refractivity contribution in [2.24, 2.45) is 17.8 Å². The van der Waals surface area contributed by atoms with Crippen LogP contribution in [-0.2, 0) is 4.79 Å². The number of hydrogen-bond donors (Lipinski definition) is 3. The van der Waals surface area contributed by atoms with E-state index in [2.05, 4.69) is 25.6 Å². The third-order valence-corrected chi connectivity index (χ3v) is 6.80. The van der Waals surface area contributed by atoms with Crippen LogP contribution in [-0.4, -0.2) is 46.9 Å². The summed E-state index contributed by atoms with van der Waals surface area (Å²) in [4.78, 5) is 20.8. The van der Waals surface area contributed by atoms with E-state index >= 15 is 0 Å². The fraction of sp³-hybridized carbons (Fsp3) is 0.381. The molecular weight excluding hydrogens is 401 g/mol. The Hall–Kier alpha value is -3.56. The van der Waals surface area contributed by atoms with E-state index in [-0.39, 0.29) is 12.0 Å². The number of nitrogens with one attached hydrogen (secondary N) is 2. The molecule has 3 aliphatic rings. The van der Waals surface area contributed by atoms with E-state index in [4.69, 9.17) is 4.98 Å². The molecule has 0 spiro atoms. The van der Waals surface area contributed by atoms with Gasteiger partial charge in [-0.3, -0.25) is 9.89 Å². The van der Waals surface area contributed by atoms with Gasteiger partial charge in [-0.05, 0) is 55.7 Å². The molecule has 0 amide bonds. The number of aliphatic carboxylic acids is 1. The van der Waals surface area contributed by atoms with Crippen LogP contribution in [0.25, 0.3) is 28.1 Å². The lowest BCUT2D eigenvalue weighted by molar-refractivity contribution is -0.148. The van der Waals surface area contributed by atoms with Gasteiger partial charge in [-0.15, -0.1) is 5.10 Å². The van der Waals surface area contributed by atoms with Gasteiger partial charge >= 0.3 is 5.97 Å². The fourth-order valence-electron chi connectivity index (χ4n) is 5.36. The summed E-state index contributed by atoms with van der Waals surface area (Å²) in [5.41, 5.74) is 1.58. The summed E-state index contributed by atoms with van der Waals surface area (Å²) in [6.07, 6.45) is 6.89. The van der Waals surface area contributed by atoms with Gasteiger partial charge in [-0.25, -0.2) is 18.9 Å². The van der Waals surface area contributed by atoms with Gasteiger partial charge in [0.25, 0.3) is 0 Å². The zero-order chi connectivity index (χ0) is 21.1. The summed E-state index contributed by atoms with van der Waals surface area (Å²) < 4.78 is 15.5. The molecule has 3 N–H and O–H groups in total. The Balaban J connectivity index is 1.46. The summed E-state index contributed by atoms with van der Waals surface area (Å²) in [5.74, 6) is -0.292. The third-order valence-electron chi connectivity index (χ3n) is 6.80. The highest BCUT2D eigenvalue weighted by molar-refractivity contribution is 5.89. The number of rotatable bonds is 4. The maximum absolute atomic E-state index is 13.8. The molecule has 4 aromatic rings. The molecule has 3 saturated carbocycles. The molecule has 3 fully saturated rings. The van der Waals surface area contributed by atoms with Crippen molar-refractivity contribution in [1.29, 1.82) is 0 Å². The highest BCUT2D eigenvalue weighted by Gasteiger charge is 2.47. The fourth-order valence-corrected chi connectivity index (χ4v) is 5.36. The number of carbonyl (C=O) groups is 1. The summed E-state index contributed by atoms with van der Waals surface area (Å²) in [6, 6.07) is 4.89. The molecule has 2 bridgehead atoms. The Morgan fingerprint density at radius 2 is 2.06 bits per heavy atom. The maximum Gasteiger partial charge on any atom is 0.308 e. The number of carboxylic acids is 1. The van der Waals surface area contributed by atoms with Crippen molar-refractivity contribution < 1.29 is 14.3 Å². The summed E-state index contributed by atoms with van der Waals surface area (Å²) in [7, 11) is 0. The van der Waals surface area contributed by atoms with E-state index in [9.17, 15) is 14.3 Å². The van der Waals surface area contributed by atoms with Crippen LogP contribution in [0.3, 0.4) is 0 Å². The van der Waals surface area contributed by atoms with Crippen LogP contribution in [0.4, 0.5) is 10.2 Å². The van der Waals surface area contributed by atoms with Gasteiger partial charge in [-0.1, -0.05) is 0 Å². The number of hydrogen-bond acceptors (Lipinski definition) is 6. The van der Waals surface area contributed by atoms with Crippen molar-refractivity contribution in [3.8, 4) is 11.5 Å². The summed E-state index contributed by atoms with van der Waals surface area (Å²) in [6.45, 7) is 0. The number of H-pyrrole nitrogens is 1. The smallest absolute Gasteiger partial charge is 0.308 e. The van der Waals surface area contributed by atoms with Crippen LogP contribution in [0.5, 0.6) is 0 Å². The summed E-state index contributed by atoms with van der Waals surface area (Å²) in [5, 5.41) is 25.4. The molecule has 2 atom stereocenters. The number of aromatic amines is 1. The number of pyridine rings is 1. The van der Waals surface area contributed by atoms with Gasteiger partial charge in [0.1, 0.15) is 17.0 Å². The van der Waals surface area contributed by atoms with Crippen LogP contribution in [0.2, 0.25) is 0 Å². The lowest BCUT2D eigenvalue weighted by Crippen LogP contribution is -2.51. The molecule has 3 aliphatic carbocycles. The van der Waals surface area contributed by atoms with Crippen LogP contribution in [0.1, 0.15) is 25.7 Å². The topological polar surface area (TPSA) is 121 Å². The first-order valence-corrected chi connectivity index (χ1v) is 10.4. The molecular formula is C21H20FN7O2. The van der Waals surface area contributed by atoms with Gasteiger partial charge in [0, 0.05) is 12.2 Å². The first-order chi connectivity index (χ1) is 15.1. The lowest BCUT2D eigenvalue weighted by Gasteiger charge is -2.47. The third kappa shape index (κ3) is 2.85. The van der Waals surface area contributed by atoms with E-state index in [0.29, 0.717) is 34.3 Å². The molecule has 7 rings (SSSR count). The van der Waals surface area contributed by atoms with Crippen LogP contribution < -0.4 is 5.32 Å². The Labute approximate surface area is 175 Å². The Bertz CT molecular complexity index is 1310. The first-order valence-electron chi connectivity index (χ1n) is 10.4. The largest absolute Gasteiger partial charge is 0.481 e. The maximum atomic E-state index is 13.8. The molecule has 31 heavy (non-hydrogen) atoms. The molecule has 0 aliphatic heterocycles. The average Bonchev–Trinajstić information content (AvgIpc) is 3.41. The predicted molar refractivity (Wildman–Crippen MR) is 110 cm³/mol. The van der Waals surface area contributed by atoms with E-state index < -0.39 is 17.7 Å².